The number of pyridine rings is 1. The zero-order valence-corrected chi connectivity index (χ0v) is 15.4. The molecule has 0 unspecified atom stereocenters. The molecule has 0 atom stereocenters. The van der Waals surface area contributed by atoms with E-state index in [0.717, 1.165) is 9.87 Å². The molecule has 0 amide bonds. The van der Waals surface area contributed by atoms with Gasteiger partial charge in [-0.05, 0) is 38.1 Å². The summed E-state index contributed by atoms with van der Waals surface area (Å²) in [6.45, 7) is 3.19. The standard InChI is InChI=1S/C17H18N4O4S/c1-12-4-6-14(7-5-12)21(11-17(22)25-3)26(23,24)15-8-9-16-19-18-13(2)20(16)10-15/h4-10H,11H2,1-3H3. The fourth-order valence-corrected chi connectivity index (χ4v) is 3.88. The lowest BCUT2D eigenvalue weighted by Gasteiger charge is -2.23. The molecule has 26 heavy (non-hydrogen) atoms. The molecule has 1 aromatic carbocycles. The van der Waals surface area contributed by atoms with Gasteiger partial charge in [-0.2, -0.15) is 0 Å². The van der Waals surface area contributed by atoms with E-state index in [-0.39, 0.29) is 4.90 Å². The van der Waals surface area contributed by atoms with Crippen molar-refractivity contribution in [1.82, 2.24) is 14.6 Å². The second-order valence-electron chi connectivity index (χ2n) is 5.76. The molecule has 0 radical (unpaired) electrons. The van der Waals surface area contributed by atoms with Gasteiger partial charge in [-0.25, -0.2) is 8.42 Å². The SMILES string of the molecule is COC(=O)CN(c1ccc(C)cc1)S(=O)(=O)c1ccc2nnc(C)n2c1. The largest absolute Gasteiger partial charge is 0.468 e. The van der Waals surface area contributed by atoms with Crippen LogP contribution in [0, 0.1) is 13.8 Å². The van der Waals surface area contributed by atoms with Gasteiger partial charge in [0.15, 0.2) is 5.65 Å². The van der Waals surface area contributed by atoms with E-state index in [0.29, 0.717) is 17.2 Å². The van der Waals surface area contributed by atoms with Crippen molar-refractivity contribution in [2.24, 2.45) is 0 Å². The zero-order valence-electron chi connectivity index (χ0n) is 14.6. The molecule has 0 spiro atoms. The normalized spacial score (nSPS) is 11.5. The van der Waals surface area contributed by atoms with Crippen molar-refractivity contribution >= 4 is 27.3 Å². The molecule has 0 aliphatic heterocycles. The summed E-state index contributed by atoms with van der Waals surface area (Å²) >= 11 is 0. The zero-order chi connectivity index (χ0) is 18.9. The summed E-state index contributed by atoms with van der Waals surface area (Å²) in [4.78, 5) is 11.8. The van der Waals surface area contributed by atoms with Crippen LogP contribution in [0.1, 0.15) is 11.4 Å². The van der Waals surface area contributed by atoms with Crippen molar-refractivity contribution in [2.45, 2.75) is 18.7 Å². The number of esters is 1. The third-order valence-electron chi connectivity index (χ3n) is 3.96. The van der Waals surface area contributed by atoms with Gasteiger partial charge in [-0.3, -0.25) is 13.5 Å². The third kappa shape index (κ3) is 3.25. The summed E-state index contributed by atoms with van der Waals surface area (Å²) in [5.74, 6) is -0.0948. The molecule has 0 aliphatic rings. The number of carbonyl (C=O) groups excluding carboxylic acids is 1. The highest BCUT2D eigenvalue weighted by atomic mass is 32.2. The second kappa shape index (κ2) is 6.75. The van der Waals surface area contributed by atoms with Gasteiger partial charge >= 0.3 is 5.97 Å². The summed E-state index contributed by atoms with van der Waals surface area (Å²) in [5.41, 5.74) is 1.89. The number of fused-ring (bicyclic) bond motifs is 1. The Hall–Kier alpha value is -2.94. The molecule has 2 heterocycles. The minimum Gasteiger partial charge on any atom is -0.468 e. The fourth-order valence-electron chi connectivity index (χ4n) is 2.47. The van der Waals surface area contributed by atoms with Crippen LogP contribution in [0.25, 0.3) is 5.65 Å². The number of benzene rings is 1. The highest BCUT2D eigenvalue weighted by Gasteiger charge is 2.28. The number of aryl methyl sites for hydroxylation is 2. The Balaban J connectivity index is 2.11. The minimum atomic E-state index is -4.00. The number of nitrogens with zero attached hydrogens (tertiary/aromatic N) is 4. The molecular weight excluding hydrogens is 356 g/mol. The number of ether oxygens (including phenoxy) is 1. The van der Waals surface area contributed by atoms with Gasteiger partial charge in [-0.1, -0.05) is 17.7 Å². The van der Waals surface area contributed by atoms with Crippen LogP contribution < -0.4 is 4.31 Å². The number of hydrogen-bond donors (Lipinski definition) is 0. The second-order valence-corrected chi connectivity index (χ2v) is 7.63. The Labute approximate surface area is 151 Å². The van der Waals surface area contributed by atoms with Crippen molar-refractivity contribution < 1.29 is 17.9 Å². The molecule has 3 aromatic rings. The average molecular weight is 374 g/mol. The lowest BCUT2D eigenvalue weighted by Crippen LogP contribution is -2.36. The van der Waals surface area contributed by atoms with Gasteiger partial charge in [0.2, 0.25) is 0 Å². The summed E-state index contributed by atoms with van der Waals surface area (Å²) in [7, 11) is -2.79. The summed E-state index contributed by atoms with van der Waals surface area (Å²) in [6.07, 6.45) is 1.44. The van der Waals surface area contributed by atoms with Crippen molar-refractivity contribution in [3.8, 4) is 0 Å². The monoisotopic (exact) mass is 374 g/mol. The Morgan fingerprint density at radius 2 is 1.81 bits per heavy atom. The Morgan fingerprint density at radius 3 is 2.46 bits per heavy atom. The first-order valence-corrected chi connectivity index (χ1v) is 9.24. The lowest BCUT2D eigenvalue weighted by molar-refractivity contribution is -0.138. The first kappa shape index (κ1) is 17.9. The predicted octanol–water partition coefficient (Wildman–Crippen LogP) is 1.71. The average Bonchev–Trinajstić information content (AvgIpc) is 3.01. The van der Waals surface area contributed by atoms with Gasteiger partial charge in [0.05, 0.1) is 12.8 Å². The van der Waals surface area contributed by atoms with Crippen LogP contribution in [0.4, 0.5) is 5.69 Å². The molecule has 0 fully saturated rings. The van der Waals surface area contributed by atoms with Crippen molar-refractivity contribution in [3.63, 3.8) is 0 Å². The van der Waals surface area contributed by atoms with Crippen molar-refractivity contribution in [2.75, 3.05) is 18.0 Å². The molecule has 3 rings (SSSR count). The van der Waals surface area contributed by atoms with Crippen LogP contribution in [0.15, 0.2) is 47.5 Å². The molecule has 0 saturated carbocycles. The summed E-state index contributed by atoms with van der Waals surface area (Å²) in [6, 6.07) is 9.87. The molecule has 0 saturated heterocycles. The molecule has 0 N–H and O–H groups in total. The van der Waals surface area contributed by atoms with Crippen LogP contribution in [-0.4, -0.2) is 42.6 Å². The van der Waals surface area contributed by atoms with Gasteiger partial charge in [0.1, 0.15) is 17.3 Å². The van der Waals surface area contributed by atoms with E-state index in [9.17, 15) is 13.2 Å². The van der Waals surface area contributed by atoms with Gasteiger partial charge in [0.25, 0.3) is 10.0 Å². The lowest BCUT2D eigenvalue weighted by atomic mass is 10.2. The van der Waals surface area contributed by atoms with Gasteiger partial charge in [0, 0.05) is 6.20 Å². The molecule has 2 aromatic heterocycles. The van der Waals surface area contributed by atoms with Crippen LogP contribution in [0.5, 0.6) is 0 Å². The van der Waals surface area contributed by atoms with E-state index >= 15 is 0 Å². The van der Waals surface area contributed by atoms with Crippen LogP contribution >= 0.6 is 0 Å². The van der Waals surface area contributed by atoms with E-state index in [1.54, 1.807) is 41.7 Å². The van der Waals surface area contributed by atoms with E-state index in [4.69, 9.17) is 0 Å². The summed E-state index contributed by atoms with van der Waals surface area (Å²) < 4.78 is 33.7. The first-order chi connectivity index (χ1) is 12.3. The molecule has 8 nitrogen and oxygen atoms in total. The maximum Gasteiger partial charge on any atom is 0.326 e. The van der Waals surface area contributed by atoms with Crippen molar-refractivity contribution in [1.29, 1.82) is 0 Å². The van der Waals surface area contributed by atoms with Crippen LogP contribution in [-0.2, 0) is 19.6 Å². The first-order valence-electron chi connectivity index (χ1n) is 7.80. The summed E-state index contributed by atoms with van der Waals surface area (Å²) in [5, 5.41) is 7.87. The Kier molecular flexibility index (Phi) is 4.64. The number of anilines is 1. The molecular formula is C17H18N4O4S. The minimum absolute atomic E-state index is 0.0254. The predicted molar refractivity (Wildman–Crippen MR) is 95.5 cm³/mol. The number of aromatic nitrogens is 3. The highest BCUT2D eigenvalue weighted by Crippen LogP contribution is 2.24. The smallest absolute Gasteiger partial charge is 0.326 e. The number of hydrogen-bond acceptors (Lipinski definition) is 6. The van der Waals surface area contributed by atoms with Crippen molar-refractivity contribution in [3.05, 3.63) is 54.0 Å². The van der Waals surface area contributed by atoms with E-state index in [2.05, 4.69) is 14.9 Å². The Bertz CT molecular complexity index is 1060. The highest BCUT2D eigenvalue weighted by molar-refractivity contribution is 7.92. The quantitative estimate of drug-likeness (QED) is 0.631. The van der Waals surface area contributed by atoms with E-state index in [1.807, 2.05) is 6.92 Å². The molecule has 9 heteroatoms. The van der Waals surface area contributed by atoms with Gasteiger partial charge in [-0.15, -0.1) is 10.2 Å². The van der Waals surface area contributed by atoms with E-state index < -0.39 is 22.5 Å². The molecule has 0 bridgehead atoms. The van der Waals surface area contributed by atoms with E-state index in [1.165, 1.54) is 19.4 Å². The molecule has 136 valence electrons. The number of sulfonamides is 1. The van der Waals surface area contributed by atoms with Gasteiger partial charge < -0.3 is 4.74 Å². The third-order valence-corrected chi connectivity index (χ3v) is 5.71. The maximum absolute atomic E-state index is 13.2. The topological polar surface area (TPSA) is 93.9 Å². The molecule has 0 aliphatic carbocycles. The van der Waals surface area contributed by atoms with Crippen LogP contribution in [0.3, 0.4) is 0 Å². The number of carbonyl (C=O) groups is 1. The Morgan fingerprint density at radius 1 is 1.12 bits per heavy atom. The number of rotatable bonds is 5. The van der Waals surface area contributed by atoms with Crippen LogP contribution in [0.2, 0.25) is 0 Å². The fraction of sp³-hybridized carbons (Fsp3) is 0.235. The number of methoxy groups -OCH3 is 1. The maximum atomic E-state index is 13.2.